The van der Waals surface area contributed by atoms with E-state index in [2.05, 4.69) is 31.1 Å². The minimum Gasteiger partial charge on any atom is -0.395 e. The van der Waals surface area contributed by atoms with Crippen molar-refractivity contribution >= 4 is 0 Å². The first-order valence-corrected chi connectivity index (χ1v) is 7.60. The van der Waals surface area contributed by atoms with E-state index in [-0.39, 0.29) is 0 Å². The van der Waals surface area contributed by atoms with Crippen molar-refractivity contribution in [3.63, 3.8) is 0 Å². The molecule has 0 aromatic carbocycles. The number of hydrogen-bond donors (Lipinski definition) is 2. The average molecular weight is 254 g/mol. The Morgan fingerprint density at radius 2 is 2.00 bits per heavy atom. The molecule has 0 saturated heterocycles. The summed E-state index contributed by atoms with van der Waals surface area (Å²) in [5.74, 6) is 0.747. The maximum Gasteiger partial charge on any atom is 0.0558 e. The van der Waals surface area contributed by atoms with Crippen LogP contribution in [0, 0.1) is 11.3 Å². The predicted octanol–water partition coefficient (Wildman–Crippen LogP) is 1.86. The SMILES string of the molecule is CNC1C(CN(CCO)C2CCC2)CCC1(C)C. The van der Waals surface area contributed by atoms with Crippen molar-refractivity contribution in [2.75, 3.05) is 26.7 Å². The van der Waals surface area contributed by atoms with E-state index in [9.17, 15) is 5.11 Å². The van der Waals surface area contributed by atoms with E-state index >= 15 is 0 Å². The van der Waals surface area contributed by atoms with Gasteiger partial charge in [-0.25, -0.2) is 0 Å². The Labute approximate surface area is 112 Å². The van der Waals surface area contributed by atoms with Crippen LogP contribution in [0.3, 0.4) is 0 Å². The molecule has 0 bridgehead atoms. The molecule has 2 fully saturated rings. The van der Waals surface area contributed by atoms with Crippen LogP contribution in [0.25, 0.3) is 0 Å². The highest BCUT2D eigenvalue weighted by molar-refractivity contribution is 4.97. The van der Waals surface area contributed by atoms with Gasteiger partial charge in [0.2, 0.25) is 0 Å². The lowest BCUT2D eigenvalue weighted by atomic mass is 9.84. The summed E-state index contributed by atoms with van der Waals surface area (Å²) in [4.78, 5) is 2.54. The molecule has 3 nitrogen and oxygen atoms in total. The van der Waals surface area contributed by atoms with Gasteiger partial charge in [-0.05, 0) is 44.1 Å². The second-order valence-electron chi connectivity index (χ2n) is 6.86. The summed E-state index contributed by atoms with van der Waals surface area (Å²) in [6.07, 6.45) is 6.69. The molecule has 2 unspecified atom stereocenters. The summed E-state index contributed by atoms with van der Waals surface area (Å²) in [6, 6.07) is 1.37. The smallest absolute Gasteiger partial charge is 0.0558 e. The number of nitrogens with one attached hydrogen (secondary N) is 1. The molecular weight excluding hydrogens is 224 g/mol. The fourth-order valence-electron chi connectivity index (χ4n) is 3.95. The van der Waals surface area contributed by atoms with Crippen LogP contribution < -0.4 is 5.32 Å². The summed E-state index contributed by atoms with van der Waals surface area (Å²) in [5.41, 5.74) is 0.421. The van der Waals surface area contributed by atoms with E-state index in [4.69, 9.17) is 0 Å². The zero-order valence-electron chi connectivity index (χ0n) is 12.3. The van der Waals surface area contributed by atoms with E-state index in [1.54, 1.807) is 0 Å². The summed E-state index contributed by atoms with van der Waals surface area (Å²) in [7, 11) is 2.10. The van der Waals surface area contributed by atoms with Crippen molar-refractivity contribution in [2.45, 2.75) is 58.0 Å². The van der Waals surface area contributed by atoms with Crippen molar-refractivity contribution in [1.82, 2.24) is 10.2 Å². The third-order valence-corrected chi connectivity index (χ3v) is 5.23. The zero-order valence-corrected chi connectivity index (χ0v) is 12.3. The lowest BCUT2D eigenvalue weighted by Crippen LogP contribution is -2.49. The van der Waals surface area contributed by atoms with Crippen LogP contribution in [0.1, 0.15) is 46.0 Å². The normalized spacial score (nSPS) is 31.8. The van der Waals surface area contributed by atoms with E-state index in [1.165, 1.54) is 38.6 Å². The van der Waals surface area contributed by atoms with Gasteiger partial charge in [-0.1, -0.05) is 20.3 Å². The summed E-state index contributed by atoms with van der Waals surface area (Å²) in [5, 5.41) is 12.8. The fourth-order valence-corrected chi connectivity index (χ4v) is 3.95. The van der Waals surface area contributed by atoms with Crippen molar-refractivity contribution in [3.05, 3.63) is 0 Å². The molecule has 0 spiro atoms. The summed E-state index contributed by atoms with van der Waals surface area (Å²) < 4.78 is 0. The molecule has 2 aliphatic rings. The Hall–Kier alpha value is -0.120. The molecule has 0 aromatic rings. The van der Waals surface area contributed by atoms with Crippen LogP contribution in [0.5, 0.6) is 0 Å². The van der Waals surface area contributed by atoms with Crippen molar-refractivity contribution < 1.29 is 5.11 Å². The van der Waals surface area contributed by atoms with E-state index in [0.29, 0.717) is 18.1 Å². The third kappa shape index (κ3) is 2.89. The molecule has 2 rings (SSSR count). The first kappa shape index (κ1) is 14.3. The molecule has 3 heteroatoms. The largest absolute Gasteiger partial charge is 0.395 e. The predicted molar refractivity (Wildman–Crippen MR) is 75.7 cm³/mol. The topological polar surface area (TPSA) is 35.5 Å². The van der Waals surface area contributed by atoms with Crippen LogP contribution in [0.15, 0.2) is 0 Å². The summed E-state index contributed by atoms with van der Waals surface area (Å²) in [6.45, 7) is 7.09. The Morgan fingerprint density at radius 1 is 1.28 bits per heavy atom. The van der Waals surface area contributed by atoms with E-state index in [0.717, 1.165) is 18.5 Å². The molecule has 2 aliphatic carbocycles. The Bertz CT molecular complexity index is 263. The zero-order chi connectivity index (χ0) is 13.2. The quantitative estimate of drug-likeness (QED) is 0.759. The molecule has 2 atom stereocenters. The van der Waals surface area contributed by atoms with Crippen LogP contribution in [0.2, 0.25) is 0 Å². The Kier molecular flexibility index (Phi) is 4.68. The minimum atomic E-state index is 0.302. The monoisotopic (exact) mass is 254 g/mol. The van der Waals surface area contributed by atoms with Crippen molar-refractivity contribution in [3.8, 4) is 0 Å². The van der Waals surface area contributed by atoms with Gasteiger partial charge in [0.1, 0.15) is 0 Å². The molecule has 0 aromatic heterocycles. The highest BCUT2D eigenvalue weighted by Gasteiger charge is 2.42. The second kappa shape index (κ2) is 5.89. The molecule has 0 radical (unpaired) electrons. The van der Waals surface area contributed by atoms with Gasteiger partial charge in [0.25, 0.3) is 0 Å². The van der Waals surface area contributed by atoms with Gasteiger partial charge in [-0.2, -0.15) is 0 Å². The summed E-state index contributed by atoms with van der Waals surface area (Å²) >= 11 is 0. The van der Waals surface area contributed by atoms with Gasteiger partial charge in [-0.15, -0.1) is 0 Å². The highest BCUT2D eigenvalue weighted by Crippen LogP contribution is 2.42. The number of hydrogen-bond acceptors (Lipinski definition) is 3. The van der Waals surface area contributed by atoms with Gasteiger partial charge in [0.05, 0.1) is 6.61 Å². The fraction of sp³-hybridized carbons (Fsp3) is 1.00. The Balaban J connectivity index is 1.93. The van der Waals surface area contributed by atoms with E-state index in [1.807, 2.05) is 0 Å². The maximum atomic E-state index is 9.25. The molecule has 18 heavy (non-hydrogen) atoms. The molecule has 0 heterocycles. The molecule has 2 saturated carbocycles. The van der Waals surface area contributed by atoms with Gasteiger partial charge in [-0.3, -0.25) is 4.90 Å². The molecule has 0 amide bonds. The lowest BCUT2D eigenvalue weighted by molar-refractivity contribution is 0.0772. The number of rotatable bonds is 6. The van der Waals surface area contributed by atoms with Crippen LogP contribution in [-0.4, -0.2) is 48.8 Å². The van der Waals surface area contributed by atoms with Gasteiger partial charge < -0.3 is 10.4 Å². The van der Waals surface area contributed by atoms with Crippen LogP contribution in [-0.2, 0) is 0 Å². The second-order valence-corrected chi connectivity index (χ2v) is 6.86. The molecule has 106 valence electrons. The molecule has 2 N–H and O–H groups in total. The third-order valence-electron chi connectivity index (χ3n) is 5.23. The molecular formula is C15H30N2O. The lowest BCUT2D eigenvalue weighted by Gasteiger charge is -2.40. The maximum absolute atomic E-state index is 9.25. The Morgan fingerprint density at radius 3 is 2.50 bits per heavy atom. The van der Waals surface area contributed by atoms with Crippen LogP contribution in [0.4, 0.5) is 0 Å². The van der Waals surface area contributed by atoms with Gasteiger partial charge in [0.15, 0.2) is 0 Å². The van der Waals surface area contributed by atoms with Crippen molar-refractivity contribution in [2.24, 2.45) is 11.3 Å². The standard InChI is InChI=1S/C15H30N2O/c1-15(2)8-7-12(14(15)16-3)11-17(9-10-18)13-5-4-6-13/h12-14,16,18H,4-11H2,1-3H3. The number of aliphatic hydroxyl groups is 1. The van der Waals surface area contributed by atoms with Gasteiger partial charge >= 0.3 is 0 Å². The highest BCUT2D eigenvalue weighted by atomic mass is 16.3. The average Bonchev–Trinajstić information content (AvgIpc) is 2.51. The minimum absolute atomic E-state index is 0.302. The number of nitrogens with zero attached hydrogens (tertiary/aromatic N) is 1. The van der Waals surface area contributed by atoms with Crippen LogP contribution >= 0.6 is 0 Å². The number of aliphatic hydroxyl groups excluding tert-OH is 1. The van der Waals surface area contributed by atoms with Crippen molar-refractivity contribution in [1.29, 1.82) is 0 Å². The first-order valence-electron chi connectivity index (χ1n) is 7.60. The van der Waals surface area contributed by atoms with Gasteiger partial charge in [0, 0.05) is 25.2 Å². The molecule has 0 aliphatic heterocycles. The first-order chi connectivity index (χ1) is 8.58. The van der Waals surface area contributed by atoms with E-state index < -0.39 is 0 Å².